The van der Waals surface area contributed by atoms with Crippen LogP contribution in [0.15, 0.2) is 23.3 Å². The Labute approximate surface area is 107 Å². The number of carbonyl (C=O) groups excluding carboxylic acids is 1. The Bertz CT molecular complexity index is 454. The molecular weight excluding hydrogens is 230 g/mol. The van der Waals surface area contributed by atoms with E-state index in [1.807, 2.05) is 32.8 Å². The minimum absolute atomic E-state index is 0.0668. The monoisotopic (exact) mass is 251 g/mol. The van der Waals surface area contributed by atoms with Gasteiger partial charge in [0, 0.05) is 37.6 Å². The first kappa shape index (κ1) is 14.4. The lowest BCUT2D eigenvalue weighted by Gasteiger charge is -2.29. The fraction of sp³-hybridized carbons (Fsp3) is 0.538. The first-order valence-electron chi connectivity index (χ1n) is 6.10. The predicted octanol–water partition coefficient (Wildman–Crippen LogP) is 0.787. The Morgan fingerprint density at radius 1 is 1.44 bits per heavy atom. The van der Waals surface area contributed by atoms with Gasteiger partial charge in [-0.25, -0.2) is 0 Å². The lowest BCUT2D eigenvalue weighted by molar-refractivity contribution is 0.0677. The van der Waals surface area contributed by atoms with Gasteiger partial charge in [0.2, 0.25) is 0 Å². The van der Waals surface area contributed by atoms with Gasteiger partial charge in [-0.15, -0.1) is 0 Å². The summed E-state index contributed by atoms with van der Waals surface area (Å²) in [4.78, 5) is 30.5. The highest BCUT2D eigenvalue weighted by Gasteiger charge is 2.22. The first-order chi connectivity index (χ1) is 8.47. The molecule has 1 N–H and O–H groups in total. The van der Waals surface area contributed by atoms with E-state index in [2.05, 4.69) is 4.98 Å². The molecule has 0 aliphatic heterocycles. The van der Waals surface area contributed by atoms with E-state index in [-0.39, 0.29) is 22.9 Å². The number of likely N-dealkylation sites (N-methyl/N-ethyl adjacent to an activating group) is 2. The van der Waals surface area contributed by atoms with E-state index in [4.69, 9.17) is 0 Å². The van der Waals surface area contributed by atoms with E-state index < -0.39 is 0 Å². The summed E-state index contributed by atoms with van der Waals surface area (Å²) in [5.41, 5.74) is -0.0424. The van der Waals surface area contributed by atoms with Gasteiger partial charge >= 0.3 is 0 Å². The fourth-order valence-corrected chi connectivity index (χ4v) is 2.02. The van der Waals surface area contributed by atoms with Gasteiger partial charge in [-0.3, -0.25) is 9.59 Å². The molecule has 0 bridgehead atoms. The minimum atomic E-state index is -0.241. The predicted molar refractivity (Wildman–Crippen MR) is 71.8 cm³/mol. The molecule has 1 heterocycles. The third-order valence-corrected chi connectivity index (χ3v) is 2.82. The molecule has 1 aromatic rings. The molecule has 1 aromatic heterocycles. The number of amides is 1. The van der Waals surface area contributed by atoms with Crippen LogP contribution in [0.1, 0.15) is 24.2 Å². The van der Waals surface area contributed by atoms with Crippen molar-refractivity contribution < 1.29 is 4.79 Å². The van der Waals surface area contributed by atoms with E-state index in [0.29, 0.717) is 6.54 Å². The SMILES string of the molecule is CCN(C(=O)c1c[nH]ccc1=O)C(C)CN(C)C. The largest absolute Gasteiger partial charge is 0.367 e. The van der Waals surface area contributed by atoms with Crippen molar-refractivity contribution in [3.63, 3.8) is 0 Å². The molecule has 0 saturated heterocycles. The molecule has 1 atom stereocenters. The molecule has 5 nitrogen and oxygen atoms in total. The summed E-state index contributed by atoms with van der Waals surface area (Å²) in [6, 6.07) is 1.44. The number of rotatable bonds is 5. The van der Waals surface area contributed by atoms with E-state index in [9.17, 15) is 9.59 Å². The second-order valence-electron chi connectivity index (χ2n) is 4.62. The minimum Gasteiger partial charge on any atom is -0.367 e. The second-order valence-corrected chi connectivity index (χ2v) is 4.62. The highest BCUT2D eigenvalue weighted by atomic mass is 16.2. The van der Waals surface area contributed by atoms with E-state index in [0.717, 1.165) is 6.54 Å². The molecule has 0 aliphatic carbocycles. The summed E-state index contributed by atoms with van der Waals surface area (Å²) in [5, 5.41) is 0. The van der Waals surface area contributed by atoms with E-state index in [1.54, 1.807) is 4.90 Å². The van der Waals surface area contributed by atoms with Crippen LogP contribution in [-0.2, 0) is 0 Å². The molecule has 1 amide bonds. The zero-order valence-corrected chi connectivity index (χ0v) is 11.4. The van der Waals surface area contributed by atoms with E-state index in [1.165, 1.54) is 18.5 Å². The molecule has 100 valence electrons. The van der Waals surface area contributed by atoms with Crippen molar-refractivity contribution in [2.24, 2.45) is 0 Å². The van der Waals surface area contributed by atoms with Crippen LogP contribution in [0, 0.1) is 0 Å². The van der Waals surface area contributed by atoms with Gasteiger partial charge in [-0.1, -0.05) is 0 Å². The zero-order valence-electron chi connectivity index (χ0n) is 11.4. The number of hydrogen-bond acceptors (Lipinski definition) is 3. The Morgan fingerprint density at radius 3 is 2.61 bits per heavy atom. The standard InChI is InChI=1S/C13H21N3O2/c1-5-16(10(2)9-15(3)4)13(18)11-8-14-7-6-12(11)17/h6-8,10H,5,9H2,1-4H3,(H,14,17). The number of aromatic nitrogens is 1. The normalized spacial score (nSPS) is 12.5. The molecule has 0 aromatic carbocycles. The quantitative estimate of drug-likeness (QED) is 0.841. The van der Waals surface area contributed by atoms with E-state index >= 15 is 0 Å². The van der Waals surface area contributed by atoms with Crippen LogP contribution in [-0.4, -0.2) is 53.9 Å². The number of hydrogen-bond donors (Lipinski definition) is 1. The van der Waals surface area contributed by atoms with Crippen LogP contribution >= 0.6 is 0 Å². The summed E-state index contributed by atoms with van der Waals surface area (Å²) < 4.78 is 0. The Hall–Kier alpha value is -1.62. The molecule has 18 heavy (non-hydrogen) atoms. The molecule has 1 unspecified atom stereocenters. The summed E-state index contributed by atoms with van der Waals surface area (Å²) in [5.74, 6) is -0.214. The highest BCUT2D eigenvalue weighted by molar-refractivity contribution is 5.94. The van der Waals surface area contributed by atoms with Crippen LogP contribution < -0.4 is 5.43 Å². The van der Waals surface area contributed by atoms with Gasteiger partial charge in [0.15, 0.2) is 5.43 Å². The van der Waals surface area contributed by atoms with Gasteiger partial charge in [-0.05, 0) is 27.9 Å². The van der Waals surface area contributed by atoms with Gasteiger partial charge in [0.1, 0.15) is 5.56 Å². The van der Waals surface area contributed by atoms with Gasteiger partial charge in [0.25, 0.3) is 5.91 Å². The third kappa shape index (κ3) is 3.43. The first-order valence-corrected chi connectivity index (χ1v) is 6.10. The van der Waals surface area contributed by atoms with Crippen molar-refractivity contribution in [2.45, 2.75) is 19.9 Å². The molecule has 0 radical (unpaired) electrons. The molecule has 0 saturated carbocycles. The van der Waals surface area contributed by atoms with Crippen molar-refractivity contribution in [3.05, 3.63) is 34.2 Å². The molecule has 0 fully saturated rings. The Kier molecular flexibility index (Phi) is 5.09. The number of aromatic amines is 1. The number of nitrogens with zero attached hydrogens (tertiary/aromatic N) is 2. The van der Waals surface area contributed by atoms with Crippen molar-refractivity contribution in [2.75, 3.05) is 27.2 Å². The molecule has 0 aliphatic rings. The van der Waals surface area contributed by atoms with Gasteiger partial charge in [-0.2, -0.15) is 0 Å². The summed E-state index contributed by atoms with van der Waals surface area (Å²) in [6.07, 6.45) is 2.99. The smallest absolute Gasteiger partial charge is 0.259 e. The lowest BCUT2D eigenvalue weighted by Crippen LogP contribution is -2.45. The maximum Gasteiger partial charge on any atom is 0.259 e. The van der Waals surface area contributed by atoms with Crippen LogP contribution in [0.4, 0.5) is 0 Å². The van der Waals surface area contributed by atoms with Crippen molar-refractivity contribution in [1.29, 1.82) is 0 Å². The maximum absolute atomic E-state index is 12.3. The highest BCUT2D eigenvalue weighted by Crippen LogP contribution is 2.05. The van der Waals surface area contributed by atoms with Crippen LogP contribution in [0.3, 0.4) is 0 Å². The van der Waals surface area contributed by atoms with Crippen molar-refractivity contribution >= 4 is 5.91 Å². The van der Waals surface area contributed by atoms with Crippen LogP contribution in [0.5, 0.6) is 0 Å². The van der Waals surface area contributed by atoms with Crippen molar-refractivity contribution in [1.82, 2.24) is 14.8 Å². The van der Waals surface area contributed by atoms with Gasteiger partial charge in [0.05, 0.1) is 0 Å². The topological polar surface area (TPSA) is 56.4 Å². The Morgan fingerprint density at radius 2 is 2.11 bits per heavy atom. The average Bonchev–Trinajstić information content (AvgIpc) is 2.29. The summed E-state index contributed by atoms with van der Waals surface area (Å²) in [7, 11) is 3.92. The molecule has 5 heteroatoms. The van der Waals surface area contributed by atoms with Crippen LogP contribution in [0.25, 0.3) is 0 Å². The Balaban J connectivity index is 2.93. The third-order valence-electron chi connectivity index (χ3n) is 2.82. The number of H-pyrrole nitrogens is 1. The molecule has 0 spiro atoms. The summed E-state index contributed by atoms with van der Waals surface area (Å²) in [6.45, 7) is 5.26. The zero-order chi connectivity index (χ0) is 13.7. The average molecular weight is 251 g/mol. The van der Waals surface area contributed by atoms with Crippen molar-refractivity contribution in [3.8, 4) is 0 Å². The molecular formula is C13H21N3O2. The molecule has 1 rings (SSSR count). The second kappa shape index (κ2) is 6.35. The van der Waals surface area contributed by atoms with Crippen LogP contribution in [0.2, 0.25) is 0 Å². The number of pyridine rings is 1. The van der Waals surface area contributed by atoms with Gasteiger partial charge < -0.3 is 14.8 Å². The number of nitrogens with one attached hydrogen (secondary N) is 1. The maximum atomic E-state index is 12.3. The fourth-order valence-electron chi connectivity index (χ4n) is 2.02. The number of carbonyl (C=O) groups is 1. The summed E-state index contributed by atoms with van der Waals surface area (Å²) >= 11 is 0. The lowest BCUT2D eigenvalue weighted by atomic mass is 10.2.